The number of hydrogen-bond acceptors (Lipinski definition) is 2. The molecule has 0 radical (unpaired) electrons. The monoisotopic (exact) mass is 234 g/mol. The Hall–Kier alpha value is -1.84. The van der Waals surface area contributed by atoms with Crippen molar-refractivity contribution in [2.75, 3.05) is 19.0 Å². The fourth-order valence-electron chi connectivity index (χ4n) is 1.45. The van der Waals surface area contributed by atoms with E-state index in [-0.39, 0.29) is 6.03 Å². The Labute approximate surface area is 102 Å². The third kappa shape index (κ3) is 3.06. The molecule has 0 bridgehead atoms. The van der Waals surface area contributed by atoms with Crippen LogP contribution in [0.3, 0.4) is 0 Å². The number of nitrogens with zero attached hydrogens (tertiary/aromatic N) is 2. The molecule has 0 heterocycles. The quantitative estimate of drug-likeness (QED) is 0.754. The predicted octanol–water partition coefficient (Wildman–Crippen LogP) is 2.45. The molecule has 0 spiro atoms. The van der Waals surface area contributed by atoms with Gasteiger partial charge in [0, 0.05) is 14.1 Å². The number of rotatable bonds is 3. The topological polar surface area (TPSA) is 40.6 Å². The minimum atomic E-state index is -0.350. The molecule has 0 aliphatic rings. The Bertz CT molecular complexity index is 396. The van der Waals surface area contributed by atoms with Crippen LogP contribution in [0.25, 0.3) is 0 Å². The highest BCUT2D eigenvalue weighted by Gasteiger charge is 2.16. The predicted molar refractivity (Wildman–Crippen MR) is 68.2 cm³/mol. The van der Waals surface area contributed by atoms with E-state index in [0.717, 1.165) is 4.90 Å². The first-order valence-corrected chi connectivity index (χ1v) is 5.53. The molecule has 0 aliphatic heterocycles. The van der Waals surface area contributed by atoms with E-state index in [1.807, 2.05) is 12.1 Å². The van der Waals surface area contributed by atoms with Gasteiger partial charge in [0.25, 0.3) is 0 Å². The highest BCUT2D eigenvalue weighted by atomic mass is 16.2. The highest BCUT2D eigenvalue weighted by Crippen LogP contribution is 2.19. The standard InChI is InChI=1S/C13H18N2O2/c1-10(2)11-5-7-12(8-6-11)15(9-16)13(17)14(3)4/h5-10H,1-4H3. The summed E-state index contributed by atoms with van der Waals surface area (Å²) in [4.78, 5) is 25.1. The number of amides is 3. The van der Waals surface area contributed by atoms with Gasteiger partial charge in [-0.25, -0.2) is 9.69 Å². The largest absolute Gasteiger partial charge is 0.330 e. The van der Waals surface area contributed by atoms with E-state index < -0.39 is 0 Å². The molecule has 3 amide bonds. The van der Waals surface area contributed by atoms with E-state index in [0.29, 0.717) is 18.0 Å². The summed E-state index contributed by atoms with van der Waals surface area (Å²) in [5.41, 5.74) is 1.76. The molecule has 0 saturated carbocycles. The molecule has 0 fully saturated rings. The molecule has 17 heavy (non-hydrogen) atoms. The van der Waals surface area contributed by atoms with Crippen LogP contribution in [0.15, 0.2) is 24.3 Å². The number of benzene rings is 1. The van der Waals surface area contributed by atoms with Gasteiger partial charge in [-0.3, -0.25) is 4.79 Å². The van der Waals surface area contributed by atoms with Gasteiger partial charge < -0.3 is 4.90 Å². The molecule has 1 aromatic carbocycles. The van der Waals surface area contributed by atoms with Crippen LogP contribution in [0.1, 0.15) is 25.3 Å². The number of carbonyl (C=O) groups is 2. The molecule has 4 nitrogen and oxygen atoms in total. The number of imide groups is 1. The summed E-state index contributed by atoms with van der Waals surface area (Å²) in [6, 6.07) is 7.08. The lowest BCUT2D eigenvalue weighted by Gasteiger charge is -2.20. The van der Waals surface area contributed by atoms with Crippen LogP contribution in [-0.2, 0) is 4.79 Å². The Morgan fingerprint density at radius 1 is 1.18 bits per heavy atom. The number of carbonyl (C=O) groups excluding carboxylic acids is 2. The molecule has 0 aromatic heterocycles. The molecule has 0 aliphatic carbocycles. The van der Waals surface area contributed by atoms with E-state index in [9.17, 15) is 9.59 Å². The smallest absolute Gasteiger partial charge is 0.330 e. The molecule has 0 N–H and O–H groups in total. The van der Waals surface area contributed by atoms with Gasteiger partial charge in [-0.2, -0.15) is 0 Å². The summed E-state index contributed by atoms with van der Waals surface area (Å²) in [5.74, 6) is 0.429. The minimum absolute atomic E-state index is 0.350. The molecule has 4 heteroatoms. The van der Waals surface area contributed by atoms with Gasteiger partial charge in [0.2, 0.25) is 6.41 Å². The first kappa shape index (κ1) is 13.2. The van der Waals surface area contributed by atoms with Crippen LogP contribution >= 0.6 is 0 Å². The number of hydrogen-bond donors (Lipinski definition) is 0. The molecule has 0 atom stereocenters. The second-order valence-corrected chi connectivity index (χ2v) is 4.40. The molecule has 0 saturated heterocycles. The van der Waals surface area contributed by atoms with E-state index in [4.69, 9.17) is 0 Å². The van der Waals surface area contributed by atoms with Crippen LogP contribution in [0, 0.1) is 0 Å². The summed E-state index contributed by atoms with van der Waals surface area (Å²) < 4.78 is 0. The van der Waals surface area contributed by atoms with Crippen LogP contribution in [0.4, 0.5) is 10.5 Å². The van der Waals surface area contributed by atoms with Crippen LogP contribution < -0.4 is 4.90 Å². The molecular formula is C13H18N2O2. The van der Waals surface area contributed by atoms with Gasteiger partial charge in [-0.1, -0.05) is 26.0 Å². The van der Waals surface area contributed by atoms with E-state index in [2.05, 4.69) is 13.8 Å². The Morgan fingerprint density at radius 2 is 1.71 bits per heavy atom. The van der Waals surface area contributed by atoms with Gasteiger partial charge in [0.05, 0.1) is 5.69 Å². The Balaban J connectivity index is 2.97. The zero-order valence-electron chi connectivity index (χ0n) is 10.7. The molecule has 92 valence electrons. The summed E-state index contributed by atoms with van der Waals surface area (Å²) in [6.45, 7) is 4.19. The highest BCUT2D eigenvalue weighted by molar-refractivity contribution is 6.05. The second kappa shape index (κ2) is 5.48. The average Bonchev–Trinajstić information content (AvgIpc) is 2.30. The number of urea groups is 1. The van der Waals surface area contributed by atoms with Crippen molar-refractivity contribution in [3.05, 3.63) is 29.8 Å². The molecule has 1 rings (SSSR count). The van der Waals surface area contributed by atoms with E-state index in [1.54, 1.807) is 26.2 Å². The minimum Gasteiger partial charge on any atom is -0.330 e. The van der Waals surface area contributed by atoms with Crippen LogP contribution in [0.2, 0.25) is 0 Å². The third-order valence-corrected chi connectivity index (χ3v) is 2.53. The van der Waals surface area contributed by atoms with Gasteiger partial charge in [0.15, 0.2) is 0 Å². The maximum absolute atomic E-state index is 11.7. The summed E-state index contributed by atoms with van der Waals surface area (Å²) in [6.07, 6.45) is 0.534. The lowest BCUT2D eigenvalue weighted by molar-refractivity contribution is -0.106. The maximum atomic E-state index is 11.7. The maximum Gasteiger partial charge on any atom is 0.330 e. The second-order valence-electron chi connectivity index (χ2n) is 4.40. The van der Waals surface area contributed by atoms with Gasteiger partial charge in [-0.05, 0) is 23.6 Å². The fraction of sp³-hybridized carbons (Fsp3) is 0.385. The SMILES string of the molecule is CC(C)c1ccc(N(C=O)C(=O)N(C)C)cc1. The fourth-order valence-corrected chi connectivity index (χ4v) is 1.45. The summed E-state index contributed by atoms with van der Waals surface area (Å²) >= 11 is 0. The van der Waals surface area contributed by atoms with Crippen LogP contribution in [0.5, 0.6) is 0 Å². The first-order chi connectivity index (χ1) is 7.97. The molecule has 0 unspecified atom stereocenters. The van der Waals surface area contributed by atoms with Crippen molar-refractivity contribution in [1.29, 1.82) is 0 Å². The summed E-state index contributed by atoms with van der Waals surface area (Å²) in [5, 5.41) is 0. The van der Waals surface area contributed by atoms with Crippen molar-refractivity contribution in [1.82, 2.24) is 4.90 Å². The molecular weight excluding hydrogens is 216 g/mol. The van der Waals surface area contributed by atoms with Crippen molar-refractivity contribution >= 4 is 18.1 Å². The molecule has 1 aromatic rings. The lowest BCUT2D eigenvalue weighted by atomic mass is 10.0. The normalized spacial score (nSPS) is 10.2. The van der Waals surface area contributed by atoms with Crippen molar-refractivity contribution in [2.45, 2.75) is 19.8 Å². The zero-order chi connectivity index (χ0) is 13.0. The van der Waals surface area contributed by atoms with E-state index in [1.165, 1.54) is 10.5 Å². The van der Waals surface area contributed by atoms with Gasteiger partial charge in [-0.15, -0.1) is 0 Å². The Morgan fingerprint density at radius 3 is 2.06 bits per heavy atom. The van der Waals surface area contributed by atoms with Crippen molar-refractivity contribution in [3.8, 4) is 0 Å². The average molecular weight is 234 g/mol. The zero-order valence-corrected chi connectivity index (χ0v) is 10.7. The van der Waals surface area contributed by atoms with Gasteiger partial charge in [0.1, 0.15) is 0 Å². The Kier molecular flexibility index (Phi) is 4.26. The number of anilines is 1. The lowest BCUT2D eigenvalue weighted by Crippen LogP contribution is -2.38. The van der Waals surface area contributed by atoms with Gasteiger partial charge >= 0.3 is 6.03 Å². The first-order valence-electron chi connectivity index (χ1n) is 5.53. The van der Waals surface area contributed by atoms with Crippen molar-refractivity contribution in [3.63, 3.8) is 0 Å². The summed E-state index contributed by atoms with van der Waals surface area (Å²) in [7, 11) is 3.22. The van der Waals surface area contributed by atoms with Crippen LogP contribution in [-0.4, -0.2) is 31.4 Å². The third-order valence-electron chi connectivity index (χ3n) is 2.53. The van der Waals surface area contributed by atoms with Crippen molar-refractivity contribution < 1.29 is 9.59 Å². The van der Waals surface area contributed by atoms with E-state index >= 15 is 0 Å². The van der Waals surface area contributed by atoms with Crippen molar-refractivity contribution in [2.24, 2.45) is 0 Å².